The lowest BCUT2D eigenvalue weighted by atomic mass is 10.2. The summed E-state index contributed by atoms with van der Waals surface area (Å²) >= 11 is 1.33. The standard InChI is InChI=1S/C19H16N2O3S/c1-2-24-19(23)17(21-11-7-4-8-12-21)18-20-16(22)13-15(25-18)14-9-5-3-6-10-14/h3-13H,2H2,1H3/p+1. The maximum Gasteiger partial charge on any atom is 0.407 e. The van der Waals surface area contributed by atoms with Gasteiger partial charge in [0.05, 0.1) is 6.61 Å². The number of thioether (sulfide) groups is 1. The SMILES string of the molecule is CCOC(=O)C(=C1NC(=O)C=C(c2ccccc2)S1)[n+]1ccccc1. The number of pyridine rings is 1. The Hall–Kier alpha value is -2.86. The molecule has 1 aliphatic rings. The first-order chi connectivity index (χ1) is 12.2. The van der Waals surface area contributed by atoms with E-state index in [1.165, 1.54) is 17.8 Å². The van der Waals surface area contributed by atoms with Crippen LogP contribution in [0.3, 0.4) is 0 Å². The Balaban J connectivity index is 2.06. The van der Waals surface area contributed by atoms with E-state index >= 15 is 0 Å². The second-order valence-electron chi connectivity index (χ2n) is 5.15. The molecule has 0 bridgehead atoms. The zero-order valence-corrected chi connectivity index (χ0v) is 14.5. The molecule has 0 aliphatic carbocycles. The molecule has 5 nitrogen and oxygen atoms in total. The molecule has 0 spiro atoms. The summed E-state index contributed by atoms with van der Waals surface area (Å²) in [5.74, 6) is -0.762. The normalized spacial score (nSPS) is 15.9. The third-order valence-electron chi connectivity index (χ3n) is 3.43. The molecule has 0 saturated carbocycles. The van der Waals surface area contributed by atoms with Crippen molar-refractivity contribution in [3.8, 4) is 0 Å². The molecule has 1 aromatic heterocycles. The zero-order valence-electron chi connectivity index (χ0n) is 13.6. The fraction of sp³-hybridized carbons (Fsp3) is 0.105. The van der Waals surface area contributed by atoms with Gasteiger partial charge in [0.1, 0.15) is 0 Å². The van der Waals surface area contributed by atoms with E-state index in [2.05, 4.69) is 5.32 Å². The van der Waals surface area contributed by atoms with E-state index in [0.717, 1.165) is 10.5 Å². The summed E-state index contributed by atoms with van der Waals surface area (Å²) in [6, 6.07) is 15.1. The summed E-state index contributed by atoms with van der Waals surface area (Å²) in [4.78, 5) is 25.5. The first-order valence-corrected chi connectivity index (χ1v) is 8.64. The van der Waals surface area contributed by atoms with Crippen LogP contribution in [0, 0.1) is 0 Å². The van der Waals surface area contributed by atoms with Crippen LogP contribution in [0.1, 0.15) is 12.5 Å². The summed E-state index contributed by atoms with van der Waals surface area (Å²) in [6.45, 7) is 2.00. The minimum atomic E-state index is -0.490. The second kappa shape index (κ2) is 7.81. The summed E-state index contributed by atoms with van der Waals surface area (Å²) in [7, 11) is 0. The number of hydrogen-bond acceptors (Lipinski definition) is 4. The van der Waals surface area contributed by atoms with Crippen molar-refractivity contribution in [1.29, 1.82) is 0 Å². The highest BCUT2D eigenvalue weighted by Crippen LogP contribution is 2.36. The Bertz CT molecular complexity index is 845. The van der Waals surface area contributed by atoms with Crippen molar-refractivity contribution in [3.63, 3.8) is 0 Å². The highest BCUT2D eigenvalue weighted by atomic mass is 32.2. The monoisotopic (exact) mass is 353 g/mol. The maximum absolute atomic E-state index is 12.5. The van der Waals surface area contributed by atoms with Crippen LogP contribution in [0.25, 0.3) is 10.6 Å². The number of benzene rings is 1. The first-order valence-electron chi connectivity index (χ1n) is 7.83. The number of amides is 1. The van der Waals surface area contributed by atoms with Crippen molar-refractivity contribution >= 4 is 34.2 Å². The number of carbonyl (C=O) groups is 2. The molecule has 1 aromatic carbocycles. The molecule has 0 saturated heterocycles. The van der Waals surface area contributed by atoms with Crippen LogP contribution in [0.15, 0.2) is 72.0 Å². The van der Waals surface area contributed by atoms with Crippen molar-refractivity contribution in [3.05, 3.63) is 77.6 Å². The van der Waals surface area contributed by atoms with E-state index in [0.29, 0.717) is 5.03 Å². The van der Waals surface area contributed by atoms with Gasteiger partial charge in [-0.3, -0.25) is 4.79 Å². The predicted octanol–water partition coefficient (Wildman–Crippen LogP) is 2.57. The molecule has 3 rings (SSSR count). The van der Waals surface area contributed by atoms with Gasteiger partial charge in [0.25, 0.3) is 0 Å². The molecule has 1 amide bonds. The van der Waals surface area contributed by atoms with Crippen LogP contribution in [0.2, 0.25) is 0 Å². The van der Waals surface area contributed by atoms with Gasteiger partial charge >= 0.3 is 11.7 Å². The Kier molecular flexibility index (Phi) is 5.30. The van der Waals surface area contributed by atoms with E-state index in [9.17, 15) is 9.59 Å². The van der Waals surface area contributed by atoms with E-state index in [1.54, 1.807) is 23.9 Å². The topological polar surface area (TPSA) is 59.3 Å². The minimum Gasteiger partial charge on any atom is -0.458 e. The lowest BCUT2D eigenvalue weighted by molar-refractivity contribution is -0.578. The van der Waals surface area contributed by atoms with Crippen molar-refractivity contribution < 1.29 is 18.9 Å². The molecule has 0 radical (unpaired) electrons. The van der Waals surface area contributed by atoms with Gasteiger partial charge in [0, 0.05) is 23.1 Å². The minimum absolute atomic E-state index is 0.253. The molecular formula is C19H17N2O3S+. The quantitative estimate of drug-likeness (QED) is 0.521. The van der Waals surface area contributed by atoms with Gasteiger partial charge in [-0.15, -0.1) is 0 Å². The molecule has 2 aromatic rings. The number of ether oxygens (including phenoxy) is 1. The lowest BCUT2D eigenvalue weighted by Crippen LogP contribution is -2.40. The number of rotatable bonds is 4. The largest absolute Gasteiger partial charge is 0.458 e. The predicted molar refractivity (Wildman–Crippen MR) is 96.6 cm³/mol. The molecule has 1 aliphatic heterocycles. The number of nitrogens with one attached hydrogen (secondary N) is 1. The molecule has 6 heteroatoms. The molecule has 1 N–H and O–H groups in total. The van der Waals surface area contributed by atoms with Gasteiger partial charge in [-0.1, -0.05) is 48.2 Å². The van der Waals surface area contributed by atoms with Gasteiger partial charge in [-0.25, -0.2) is 4.79 Å². The lowest BCUT2D eigenvalue weighted by Gasteiger charge is -2.17. The smallest absolute Gasteiger partial charge is 0.407 e. The van der Waals surface area contributed by atoms with E-state index in [4.69, 9.17) is 4.74 Å². The van der Waals surface area contributed by atoms with Crippen LogP contribution in [0.4, 0.5) is 0 Å². The summed E-state index contributed by atoms with van der Waals surface area (Å²) in [6.07, 6.45) is 5.01. The third-order valence-corrected chi connectivity index (χ3v) is 4.50. The molecular weight excluding hydrogens is 336 g/mol. The van der Waals surface area contributed by atoms with Crippen LogP contribution in [-0.4, -0.2) is 18.5 Å². The number of aromatic nitrogens is 1. The van der Waals surface area contributed by atoms with E-state index in [1.807, 2.05) is 48.5 Å². The second-order valence-corrected chi connectivity index (χ2v) is 6.20. The number of carbonyl (C=O) groups excluding carboxylic acids is 2. The average molecular weight is 353 g/mol. The molecule has 25 heavy (non-hydrogen) atoms. The molecule has 0 atom stereocenters. The van der Waals surface area contributed by atoms with Gasteiger partial charge in [-0.2, -0.15) is 4.57 Å². The highest BCUT2D eigenvalue weighted by Gasteiger charge is 2.31. The Morgan fingerprint density at radius 1 is 1.12 bits per heavy atom. The van der Waals surface area contributed by atoms with Crippen LogP contribution < -0.4 is 9.88 Å². The molecule has 126 valence electrons. The van der Waals surface area contributed by atoms with E-state index < -0.39 is 5.97 Å². The number of hydrogen-bond donors (Lipinski definition) is 1. The molecule has 2 heterocycles. The number of nitrogens with zero attached hydrogens (tertiary/aromatic N) is 1. The fourth-order valence-corrected chi connectivity index (χ4v) is 3.42. The van der Waals surface area contributed by atoms with Gasteiger partial charge in [0.15, 0.2) is 17.4 Å². The highest BCUT2D eigenvalue weighted by molar-refractivity contribution is 8.12. The Labute approximate surface area is 150 Å². The maximum atomic E-state index is 12.5. The summed E-state index contributed by atoms with van der Waals surface area (Å²) in [5, 5.41) is 3.20. The van der Waals surface area contributed by atoms with Crippen LogP contribution >= 0.6 is 11.8 Å². The van der Waals surface area contributed by atoms with Gasteiger partial charge in [0.2, 0.25) is 5.91 Å². The summed E-state index contributed by atoms with van der Waals surface area (Å²) in [5.41, 5.74) is 1.20. The average Bonchev–Trinajstić information content (AvgIpc) is 2.63. The van der Waals surface area contributed by atoms with Crippen molar-refractivity contribution in [1.82, 2.24) is 5.32 Å². The first kappa shape index (κ1) is 17.0. The van der Waals surface area contributed by atoms with Crippen molar-refractivity contribution in [2.45, 2.75) is 6.92 Å². The Morgan fingerprint density at radius 3 is 2.48 bits per heavy atom. The third kappa shape index (κ3) is 3.97. The zero-order chi connectivity index (χ0) is 17.6. The molecule has 0 fully saturated rings. The van der Waals surface area contributed by atoms with E-state index in [-0.39, 0.29) is 18.2 Å². The van der Waals surface area contributed by atoms with Crippen molar-refractivity contribution in [2.24, 2.45) is 0 Å². The van der Waals surface area contributed by atoms with Crippen LogP contribution in [0.5, 0.6) is 0 Å². The fourth-order valence-electron chi connectivity index (χ4n) is 2.35. The van der Waals surface area contributed by atoms with Crippen molar-refractivity contribution in [2.75, 3.05) is 6.61 Å². The van der Waals surface area contributed by atoms with Gasteiger partial charge < -0.3 is 10.1 Å². The number of esters is 1. The van der Waals surface area contributed by atoms with Crippen LogP contribution in [-0.2, 0) is 14.3 Å². The summed E-state index contributed by atoms with van der Waals surface area (Å²) < 4.78 is 6.83. The van der Waals surface area contributed by atoms with Gasteiger partial charge in [-0.05, 0) is 12.5 Å². The molecule has 0 unspecified atom stereocenters. The Morgan fingerprint density at radius 2 is 1.80 bits per heavy atom.